The highest BCUT2D eigenvalue weighted by molar-refractivity contribution is 7.91. The smallest absolute Gasteiger partial charge is 0.404 e. The van der Waals surface area contributed by atoms with Crippen molar-refractivity contribution >= 4 is 29.4 Å². The lowest BCUT2D eigenvalue weighted by Gasteiger charge is -2.21. The number of rotatable bonds is 5. The summed E-state index contributed by atoms with van der Waals surface area (Å²) < 4.78 is 34.2. The van der Waals surface area contributed by atoms with Crippen LogP contribution in [0.15, 0.2) is 22.6 Å². The standard InChI is InChI=1S/C17H24FN3O3S/c1-17(2,3)25(23)20-9-13-8-14(18)4-5-15(13)21-7-6-12(10-21)11-24-16(19)22/h4-5,8-9,12H,6-7,10-11H2,1-3H3,(H2,19,22)/b20-9+/t12-,25-/m1/s1. The average molecular weight is 369 g/mol. The summed E-state index contributed by atoms with van der Waals surface area (Å²) in [5, 5.41) is 0. The van der Waals surface area contributed by atoms with Crippen molar-refractivity contribution in [1.29, 1.82) is 0 Å². The molecule has 8 heteroatoms. The third-order valence-electron chi connectivity index (χ3n) is 3.89. The number of carbonyl (C=O) groups is 1. The van der Waals surface area contributed by atoms with Crippen LogP contribution in [-0.2, 0) is 16.1 Å². The minimum atomic E-state index is -1.41. The van der Waals surface area contributed by atoms with Crippen LogP contribution in [0.5, 0.6) is 0 Å². The first-order valence-electron chi connectivity index (χ1n) is 8.09. The van der Waals surface area contributed by atoms with Gasteiger partial charge in [-0.2, -0.15) is 0 Å². The van der Waals surface area contributed by atoms with E-state index in [9.17, 15) is 13.7 Å². The minimum Gasteiger partial charge on any atom is -0.591 e. The van der Waals surface area contributed by atoms with E-state index in [1.54, 1.807) is 6.07 Å². The van der Waals surface area contributed by atoms with Crippen molar-refractivity contribution in [3.05, 3.63) is 29.6 Å². The van der Waals surface area contributed by atoms with Crippen LogP contribution < -0.4 is 10.6 Å². The number of hydrogen-bond acceptors (Lipinski definition) is 5. The Morgan fingerprint density at radius 2 is 2.28 bits per heavy atom. The molecule has 1 aromatic carbocycles. The average Bonchev–Trinajstić information content (AvgIpc) is 2.98. The molecule has 0 spiro atoms. The molecule has 1 heterocycles. The van der Waals surface area contributed by atoms with Gasteiger partial charge in [0.25, 0.3) is 0 Å². The molecule has 25 heavy (non-hydrogen) atoms. The SMILES string of the molecule is CC(C)(C)[S@@+]([O-])/N=C/c1cc(F)ccc1N1CC[C@@H](COC(N)=O)C1. The summed E-state index contributed by atoms with van der Waals surface area (Å²) in [6.45, 7) is 7.18. The molecule has 1 fully saturated rings. The van der Waals surface area contributed by atoms with Gasteiger partial charge < -0.3 is 19.9 Å². The summed E-state index contributed by atoms with van der Waals surface area (Å²) in [6, 6.07) is 4.46. The fourth-order valence-corrected chi connectivity index (χ4v) is 3.09. The van der Waals surface area contributed by atoms with Gasteiger partial charge in [0.2, 0.25) is 0 Å². The number of ether oxygens (including phenoxy) is 1. The molecule has 6 nitrogen and oxygen atoms in total. The zero-order valence-electron chi connectivity index (χ0n) is 14.7. The molecule has 2 atom stereocenters. The van der Waals surface area contributed by atoms with Crippen LogP contribution in [0.1, 0.15) is 32.8 Å². The molecule has 0 aromatic heterocycles. The Bertz CT molecular complexity index is 649. The van der Waals surface area contributed by atoms with Crippen molar-refractivity contribution < 1.29 is 18.5 Å². The highest BCUT2D eigenvalue weighted by Crippen LogP contribution is 2.28. The monoisotopic (exact) mass is 369 g/mol. The summed E-state index contributed by atoms with van der Waals surface area (Å²) in [6.07, 6.45) is 1.53. The van der Waals surface area contributed by atoms with Crippen molar-refractivity contribution in [2.24, 2.45) is 16.0 Å². The lowest BCUT2D eigenvalue weighted by Crippen LogP contribution is -2.26. The number of primary amides is 1. The summed E-state index contributed by atoms with van der Waals surface area (Å²) in [7, 11) is 0. The van der Waals surface area contributed by atoms with Gasteiger partial charge in [0.15, 0.2) is 0 Å². The molecule has 1 amide bonds. The van der Waals surface area contributed by atoms with E-state index in [-0.39, 0.29) is 18.3 Å². The summed E-state index contributed by atoms with van der Waals surface area (Å²) in [5.41, 5.74) is 6.39. The van der Waals surface area contributed by atoms with Gasteiger partial charge >= 0.3 is 6.09 Å². The molecule has 2 N–H and O–H groups in total. The Morgan fingerprint density at radius 3 is 2.92 bits per heavy atom. The van der Waals surface area contributed by atoms with Gasteiger partial charge in [0.1, 0.15) is 21.9 Å². The lowest BCUT2D eigenvalue weighted by atomic mass is 10.1. The minimum absolute atomic E-state index is 0.172. The predicted octanol–water partition coefficient (Wildman–Crippen LogP) is 2.63. The van der Waals surface area contributed by atoms with Crippen LogP contribution in [0, 0.1) is 11.7 Å². The number of benzene rings is 1. The number of halogens is 1. The van der Waals surface area contributed by atoms with Gasteiger partial charge in [-0.3, -0.25) is 0 Å². The van der Waals surface area contributed by atoms with E-state index in [4.69, 9.17) is 10.5 Å². The van der Waals surface area contributed by atoms with Crippen molar-refractivity contribution in [3.63, 3.8) is 0 Å². The van der Waals surface area contributed by atoms with E-state index < -0.39 is 22.2 Å². The van der Waals surface area contributed by atoms with Gasteiger partial charge in [0, 0.05) is 30.3 Å². The Hall–Kier alpha value is -1.80. The first kappa shape index (κ1) is 19.5. The predicted molar refractivity (Wildman–Crippen MR) is 97.7 cm³/mol. The molecule has 2 rings (SSSR count). The molecule has 1 aliphatic heterocycles. The quantitative estimate of drug-likeness (QED) is 0.638. The molecule has 1 aromatic rings. The second-order valence-corrected chi connectivity index (χ2v) is 8.96. The van der Waals surface area contributed by atoms with Gasteiger partial charge in [0.05, 0.1) is 12.8 Å². The molecule has 0 radical (unpaired) electrons. The van der Waals surface area contributed by atoms with Gasteiger partial charge in [-0.25, -0.2) is 9.18 Å². The number of hydrogen-bond donors (Lipinski definition) is 1. The fourth-order valence-electron chi connectivity index (χ4n) is 2.57. The number of anilines is 1. The molecule has 0 aliphatic carbocycles. The second-order valence-electron chi connectivity index (χ2n) is 7.03. The van der Waals surface area contributed by atoms with E-state index in [1.165, 1.54) is 18.3 Å². The normalized spacial score (nSPS) is 19.4. The maximum Gasteiger partial charge on any atom is 0.404 e. The molecular formula is C17H24FN3O3S. The van der Waals surface area contributed by atoms with Crippen LogP contribution in [-0.4, -0.2) is 41.3 Å². The van der Waals surface area contributed by atoms with Crippen LogP contribution >= 0.6 is 0 Å². The van der Waals surface area contributed by atoms with Gasteiger partial charge in [-0.05, 0) is 45.4 Å². The lowest BCUT2D eigenvalue weighted by molar-refractivity contribution is 0.140. The maximum absolute atomic E-state index is 13.7. The number of nitrogens with two attached hydrogens (primary N) is 1. The van der Waals surface area contributed by atoms with E-state index in [1.807, 2.05) is 20.8 Å². The largest absolute Gasteiger partial charge is 0.591 e. The summed E-state index contributed by atoms with van der Waals surface area (Å²) >= 11 is -1.41. The maximum atomic E-state index is 13.7. The second kappa shape index (κ2) is 8.05. The van der Waals surface area contributed by atoms with Crippen LogP contribution in [0.25, 0.3) is 0 Å². The van der Waals surface area contributed by atoms with E-state index in [2.05, 4.69) is 9.30 Å². The third kappa shape index (κ3) is 5.61. The molecular weight excluding hydrogens is 345 g/mol. The molecule has 138 valence electrons. The van der Waals surface area contributed by atoms with Crippen LogP contribution in [0.3, 0.4) is 0 Å². The first-order valence-corrected chi connectivity index (χ1v) is 9.20. The van der Waals surface area contributed by atoms with Crippen molar-refractivity contribution in [2.45, 2.75) is 31.9 Å². The Labute approximate surface area is 150 Å². The van der Waals surface area contributed by atoms with E-state index in [0.717, 1.165) is 18.7 Å². The summed E-state index contributed by atoms with van der Waals surface area (Å²) in [5.74, 6) is -0.203. The van der Waals surface area contributed by atoms with E-state index >= 15 is 0 Å². The molecule has 0 unspecified atom stereocenters. The van der Waals surface area contributed by atoms with Crippen LogP contribution in [0.2, 0.25) is 0 Å². The fraction of sp³-hybridized carbons (Fsp3) is 0.529. The zero-order valence-corrected chi connectivity index (χ0v) is 15.5. The Balaban J connectivity index is 2.14. The van der Waals surface area contributed by atoms with Crippen molar-refractivity contribution in [3.8, 4) is 0 Å². The molecule has 1 aliphatic rings. The summed E-state index contributed by atoms with van der Waals surface area (Å²) in [4.78, 5) is 12.8. The van der Waals surface area contributed by atoms with Gasteiger partial charge in [-0.1, -0.05) is 4.40 Å². The molecule has 0 bridgehead atoms. The molecule has 1 saturated heterocycles. The Kier molecular flexibility index (Phi) is 6.29. The van der Waals surface area contributed by atoms with Crippen molar-refractivity contribution in [1.82, 2.24) is 0 Å². The number of nitrogens with zero attached hydrogens (tertiary/aromatic N) is 2. The number of amides is 1. The number of carbonyl (C=O) groups excluding carboxylic acids is 1. The van der Waals surface area contributed by atoms with Gasteiger partial charge in [-0.15, -0.1) is 0 Å². The highest BCUT2D eigenvalue weighted by Gasteiger charge is 2.27. The highest BCUT2D eigenvalue weighted by atomic mass is 32.2. The Morgan fingerprint density at radius 1 is 1.56 bits per heavy atom. The zero-order chi connectivity index (χ0) is 18.6. The van der Waals surface area contributed by atoms with Crippen molar-refractivity contribution in [2.75, 3.05) is 24.6 Å². The molecule has 0 saturated carbocycles. The first-order chi connectivity index (χ1) is 11.7. The van der Waals surface area contributed by atoms with E-state index in [0.29, 0.717) is 12.1 Å². The third-order valence-corrected chi connectivity index (χ3v) is 5.23. The topological polar surface area (TPSA) is 91.0 Å². The van der Waals surface area contributed by atoms with Crippen LogP contribution in [0.4, 0.5) is 14.9 Å².